The van der Waals surface area contributed by atoms with Gasteiger partial charge in [-0.05, 0) is 24.3 Å². The highest BCUT2D eigenvalue weighted by Crippen LogP contribution is 2.15. The zero-order valence-electron chi connectivity index (χ0n) is 13.1. The summed E-state index contributed by atoms with van der Waals surface area (Å²) >= 11 is 0. The van der Waals surface area contributed by atoms with E-state index in [1.54, 1.807) is 60.5 Å². The Kier molecular flexibility index (Phi) is 4.56. The molecule has 1 N–H and O–H groups in total. The maximum atomic E-state index is 13.7. The van der Waals surface area contributed by atoms with Gasteiger partial charge in [-0.2, -0.15) is 5.10 Å². The Hall–Kier alpha value is -3.15. The molecule has 3 rings (SSSR count). The first-order valence-electron chi connectivity index (χ1n) is 7.37. The molecule has 122 valence electrons. The molecule has 0 radical (unpaired) electrons. The molecule has 0 saturated carbocycles. The van der Waals surface area contributed by atoms with Crippen LogP contribution < -0.4 is 10.1 Å². The van der Waals surface area contributed by atoms with Crippen molar-refractivity contribution in [3.05, 3.63) is 77.9 Å². The number of hydrogen-bond donors (Lipinski definition) is 1. The third-order valence-electron chi connectivity index (χ3n) is 3.51. The summed E-state index contributed by atoms with van der Waals surface area (Å²) in [5.74, 6) is 0.0622. The number of nitrogens with zero attached hydrogens (tertiary/aromatic N) is 2. The van der Waals surface area contributed by atoms with Crippen LogP contribution in [0.15, 0.2) is 60.9 Å². The van der Waals surface area contributed by atoms with Gasteiger partial charge in [0.1, 0.15) is 11.6 Å². The highest BCUT2D eigenvalue weighted by atomic mass is 19.1. The van der Waals surface area contributed by atoms with Crippen molar-refractivity contribution in [2.75, 3.05) is 12.4 Å². The van der Waals surface area contributed by atoms with Crippen LogP contribution in [0.25, 0.3) is 0 Å². The summed E-state index contributed by atoms with van der Waals surface area (Å²) in [5.41, 5.74) is 1.56. The van der Waals surface area contributed by atoms with E-state index in [-0.39, 0.29) is 11.7 Å². The van der Waals surface area contributed by atoms with Crippen LogP contribution >= 0.6 is 0 Å². The third-order valence-corrected chi connectivity index (χ3v) is 3.51. The zero-order chi connectivity index (χ0) is 16.9. The largest absolute Gasteiger partial charge is 0.497 e. The molecule has 0 unspecified atom stereocenters. The van der Waals surface area contributed by atoms with Crippen molar-refractivity contribution >= 4 is 11.6 Å². The molecule has 3 aromatic rings. The molecule has 0 fully saturated rings. The fourth-order valence-electron chi connectivity index (χ4n) is 2.28. The van der Waals surface area contributed by atoms with Crippen LogP contribution in [0.4, 0.5) is 10.1 Å². The van der Waals surface area contributed by atoms with Gasteiger partial charge in [0.25, 0.3) is 5.91 Å². The number of hydrogen-bond acceptors (Lipinski definition) is 3. The van der Waals surface area contributed by atoms with Crippen molar-refractivity contribution in [1.82, 2.24) is 9.78 Å². The first-order chi connectivity index (χ1) is 11.7. The van der Waals surface area contributed by atoms with Crippen molar-refractivity contribution in [3.8, 4) is 5.75 Å². The number of rotatable bonds is 5. The molecule has 1 heterocycles. The van der Waals surface area contributed by atoms with Crippen LogP contribution in [0.5, 0.6) is 5.75 Å². The smallest absolute Gasteiger partial charge is 0.255 e. The maximum absolute atomic E-state index is 13.7. The van der Waals surface area contributed by atoms with Crippen molar-refractivity contribution in [2.24, 2.45) is 0 Å². The van der Waals surface area contributed by atoms with E-state index in [2.05, 4.69) is 10.4 Å². The number of amides is 1. The number of ether oxygens (including phenoxy) is 1. The number of carbonyl (C=O) groups is 1. The number of carbonyl (C=O) groups excluding carboxylic acids is 1. The lowest BCUT2D eigenvalue weighted by molar-refractivity contribution is 0.102. The van der Waals surface area contributed by atoms with Gasteiger partial charge >= 0.3 is 0 Å². The normalized spacial score (nSPS) is 10.4. The lowest BCUT2D eigenvalue weighted by Crippen LogP contribution is -2.11. The van der Waals surface area contributed by atoms with Gasteiger partial charge in [-0.3, -0.25) is 9.48 Å². The minimum absolute atomic E-state index is 0.264. The number of aromatic nitrogens is 2. The van der Waals surface area contributed by atoms with Gasteiger partial charge < -0.3 is 10.1 Å². The van der Waals surface area contributed by atoms with E-state index in [1.807, 2.05) is 0 Å². The number of halogens is 1. The van der Waals surface area contributed by atoms with Gasteiger partial charge in [0.05, 0.1) is 25.5 Å². The predicted octanol–water partition coefficient (Wildman–Crippen LogP) is 3.33. The molecule has 1 amide bonds. The first-order valence-corrected chi connectivity index (χ1v) is 7.37. The van der Waals surface area contributed by atoms with Crippen molar-refractivity contribution < 1.29 is 13.9 Å². The summed E-state index contributed by atoms with van der Waals surface area (Å²) in [6.45, 7) is 0.293. The summed E-state index contributed by atoms with van der Waals surface area (Å²) in [4.78, 5) is 12.2. The molecule has 0 saturated heterocycles. The second-order valence-electron chi connectivity index (χ2n) is 5.20. The predicted molar refractivity (Wildman–Crippen MR) is 88.7 cm³/mol. The highest BCUT2D eigenvalue weighted by molar-refractivity contribution is 6.04. The van der Waals surface area contributed by atoms with Gasteiger partial charge in [0.2, 0.25) is 0 Å². The molecule has 0 bridgehead atoms. The summed E-state index contributed by atoms with van der Waals surface area (Å²) < 4.78 is 20.3. The zero-order valence-corrected chi connectivity index (χ0v) is 13.1. The monoisotopic (exact) mass is 325 g/mol. The second-order valence-corrected chi connectivity index (χ2v) is 5.20. The minimum atomic E-state index is -0.282. The SMILES string of the molecule is COc1cccc(C(=O)Nc2cnn(Cc3ccccc3F)c2)c1. The van der Waals surface area contributed by atoms with Gasteiger partial charge in [0.15, 0.2) is 0 Å². The van der Waals surface area contributed by atoms with Crippen LogP contribution in [0, 0.1) is 5.82 Å². The van der Waals surface area contributed by atoms with Crippen LogP contribution in [0.1, 0.15) is 15.9 Å². The van der Waals surface area contributed by atoms with E-state index in [0.717, 1.165) is 0 Å². The molecule has 0 aliphatic heterocycles. The Morgan fingerprint density at radius 2 is 2.08 bits per heavy atom. The first kappa shape index (κ1) is 15.7. The van der Waals surface area contributed by atoms with E-state index in [0.29, 0.717) is 29.1 Å². The molecule has 2 aromatic carbocycles. The standard InChI is InChI=1S/C18H16FN3O2/c1-24-16-7-4-6-13(9-16)18(23)21-15-10-20-22(12-15)11-14-5-2-3-8-17(14)19/h2-10,12H,11H2,1H3,(H,21,23). The Labute approximate surface area is 138 Å². The molecule has 0 atom stereocenters. The molecule has 6 heteroatoms. The number of nitrogens with one attached hydrogen (secondary N) is 1. The average molecular weight is 325 g/mol. The Morgan fingerprint density at radius 3 is 2.88 bits per heavy atom. The van der Waals surface area contributed by atoms with Crippen LogP contribution in [0.3, 0.4) is 0 Å². The van der Waals surface area contributed by atoms with Gasteiger partial charge in [-0.15, -0.1) is 0 Å². The van der Waals surface area contributed by atoms with Crippen molar-refractivity contribution in [2.45, 2.75) is 6.54 Å². The molecule has 0 spiro atoms. The van der Waals surface area contributed by atoms with E-state index in [9.17, 15) is 9.18 Å². The Bertz CT molecular complexity index is 861. The second kappa shape index (κ2) is 6.95. The van der Waals surface area contributed by atoms with E-state index < -0.39 is 0 Å². The van der Waals surface area contributed by atoms with Gasteiger partial charge in [-0.25, -0.2) is 4.39 Å². The summed E-state index contributed by atoms with van der Waals surface area (Å²) in [6, 6.07) is 13.4. The Balaban J connectivity index is 1.69. The quantitative estimate of drug-likeness (QED) is 0.783. The van der Waals surface area contributed by atoms with Gasteiger partial charge in [-0.1, -0.05) is 24.3 Å². The van der Waals surface area contributed by atoms with E-state index >= 15 is 0 Å². The minimum Gasteiger partial charge on any atom is -0.497 e. The maximum Gasteiger partial charge on any atom is 0.255 e. The average Bonchev–Trinajstić information content (AvgIpc) is 3.04. The third kappa shape index (κ3) is 3.60. The summed E-state index contributed by atoms with van der Waals surface area (Å²) in [7, 11) is 1.55. The fraction of sp³-hybridized carbons (Fsp3) is 0.111. The van der Waals surface area contributed by atoms with Crippen LogP contribution in [0.2, 0.25) is 0 Å². The summed E-state index contributed by atoms with van der Waals surface area (Å²) in [5, 5.41) is 6.90. The fourth-order valence-corrected chi connectivity index (χ4v) is 2.28. The molecule has 1 aromatic heterocycles. The van der Waals surface area contributed by atoms with E-state index in [4.69, 9.17) is 4.74 Å². The Morgan fingerprint density at radius 1 is 1.25 bits per heavy atom. The summed E-state index contributed by atoms with van der Waals surface area (Å²) in [6.07, 6.45) is 3.18. The lowest BCUT2D eigenvalue weighted by atomic mass is 10.2. The molecule has 0 aliphatic rings. The van der Waals surface area contributed by atoms with Gasteiger partial charge in [0, 0.05) is 17.3 Å². The van der Waals surface area contributed by atoms with E-state index in [1.165, 1.54) is 12.3 Å². The molecule has 0 aliphatic carbocycles. The van der Waals surface area contributed by atoms with Crippen molar-refractivity contribution in [1.29, 1.82) is 0 Å². The number of methoxy groups -OCH3 is 1. The van der Waals surface area contributed by atoms with Crippen LogP contribution in [-0.2, 0) is 6.54 Å². The number of anilines is 1. The molecular weight excluding hydrogens is 309 g/mol. The van der Waals surface area contributed by atoms with Crippen LogP contribution in [-0.4, -0.2) is 22.8 Å². The topological polar surface area (TPSA) is 56.1 Å². The highest BCUT2D eigenvalue weighted by Gasteiger charge is 2.09. The molecular formula is C18H16FN3O2. The number of benzene rings is 2. The lowest BCUT2D eigenvalue weighted by Gasteiger charge is -2.05. The molecule has 24 heavy (non-hydrogen) atoms. The molecule has 5 nitrogen and oxygen atoms in total. The van der Waals surface area contributed by atoms with Crippen molar-refractivity contribution in [3.63, 3.8) is 0 Å².